The Balaban J connectivity index is 1.34. The molecular formula is C24H24ClN3O3S. The minimum atomic E-state index is -3.66. The van der Waals surface area contributed by atoms with Crippen LogP contribution in [0.5, 0.6) is 5.75 Å². The molecule has 1 aliphatic rings. The topological polar surface area (TPSA) is 71.5 Å². The Bertz CT molecular complexity index is 1160. The van der Waals surface area contributed by atoms with E-state index >= 15 is 0 Å². The van der Waals surface area contributed by atoms with Crippen molar-refractivity contribution in [1.29, 1.82) is 0 Å². The van der Waals surface area contributed by atoms with E-state index in [9.17, 15) is 8.42 Å². The minimum Gasteiger partial charge on any atom is -0.490 e. The molecule has 2 heterocycles. The molecule has 0 unspecified atom stereocenters. The normalized spacial score (nSPS) is 15.1. The smallest absolute Gasteiger partial charge is 0.255 e. The average Bonchev–Trinajstić information content (AvgIpc) is 2.80. The highest BCUT2D eigenvalue weighted by Gasteiger charge is 2.21. The first-order chi connectivity index (χ1) is 15.5. The van der Waals surface area contributed by atoms with Crippen molar-refractivity contribution in [2.45, 2.75) is 18.9 Å². The predicted molar refractivity (Wildman–Crippen MR) is 130 cm³/mol. The number of halogens is 1. The van der Waals surface area contributed by atoms with Gasteiger partial charge in [-0.15, -0.1) is 0 Å². The van der Waals surface area contributed by atoms with Crippen LogP contribution in [0.15, 0.2) is 78.5 Å². The fraction of sp³-hybridized carbons (Fsp3) is 0.208. The van der Waals surface area contributed by atoms with E-state index in [0.29, 0.717) is 16.5 Å². The van der Waals surface area contributed by atoms with Gasteiger partial charge in [0.2, 0.25) is 0 Å². The minimum absolute atomic E-state index is 0.0877. The zero-order chi connectivity index (χ0) is 22.4. The number of benzene rings is 2. The Morgan fingerprint density at radius 3 is 2.47 bits per heavy atom. The Kier molecular flexibility index (Phi) is 6.97. The zero-order valence-corrected chi connectivity index (χ0v) is 19.0. The lowest BCUT2D eigenvalue weighted by molar-refractivity contribution is 0.171. The molecule has 0 spiro atoms. The van der Waals surface area contributed by atoms with E-state index in [4.69, 9.17) is 16.3 Å². The number of ether oxygens (including phenoxy) is 1. The molecule has 1 aromatic heterocycles. The van der Waals surface area contributed by atoms with Gasteiger partial charge in [0, 0.05) is 55.1 Å². The number of aromatic nitrogens is 1. The molecule has 1 fully saturated rings. The maximum absolute atomic E-state index is 12.4. The first-order valence-electron chi connectivity index (χ1n) is 10.3. The van der Waals surface area contributed by atoms with Gasteiger partial charge in [-0.2, -0.15) is 0 Å². The first-order valence-corrected chi connectivity index (χ1v) is 12.3. The summed E-state index contributed by atoms with van der Waals surface area (Å²) < 4.78 is 33.6. The van der Waals surface area contributed by atoms with Crippen LogP contribution in [0, 0.1) is 0 Å². The summed E-state index contributed by atoms with van der Waals surface area (Å²) in [5.74, 6) is 0.647. The van der Waals surface area contributed by atoms with E-state index in [-0.39, 0.29) is 6.10 Å². The lowest BCUT2D eigenvalue weighted by atomic mass is 10.1. The summed E-state index contributed by atoms with van der Waals surface area (Å²) in [4.78, 5) is 6.38. The highest BCUT2D eigenvalue weighted by Crippen LogP contribution is 2.25. The van der Waals surface area contributed by atoms with Crippen LogP contribution in [-0.2, 0) is 10.0 Å². The summed E-state index contributed by atoms with van der Waals surface area (Å²) in [5.41, 5.74) is 2.37. The quantitative estimate of drug-likeness (QED) is 0.515. The molecule has 3 aromatic rings. The number of hydrogen-bond acceptors (Lipinski definition) is 5. The van der Waals surface area contributed by atoms with E-state index in [1.165, 1.54) is 11.8 Å². The van der Waals surface area contributed by atoms with Crippen molar-refractivity contribution in [2.75, 3.05) is 22.7 Å². The molecule has 32 heavy (non-hydrogen) atoms. The summed E-state index contributed by atoms with van der Waals surface area (Å²) in [6, 6.07) is 18.0. The van der Waals surface area contributed by atoms with Crippen molar-refractivity contribution in [3.63, 3.8) is 0 Å². The van der Waals surface area contributed by atoms with Gasteiger partial charge in [0.05, 0.1) is 11.1 Å². The third-order valence-corrected chi connectivity index (χ3v) is 6.44. The fourth-order valence-electron chi connectivity index (χ4n) is 3.55. The van der Waals surface area contributed by atoms with Crippen LogP contribution in [0.3, 0.4) is 0 Å². The van der Waals surface area contributed by atoms with Crippen molar-refractivity contribution in [1.82, 2.24) is 4.98 Å². The van der Waals surface area contributed by atoms with E-state index in [1.807, 2.05) is 18.2 Å². The molecule has 8 heteroatoms. The predicted octanol–water partition coefficient (Wildman–Crippen LogP) is 5.20. The van der Waals surface area contributed by atoms with Crippen molar-refractivity contribution in [3.8, 4) is 5.75 Å². The van der Waals surface area contributed by atoms with Gasteiger partial charge < -0.3 is 9.64 Å². The second kappa shape index (κ2) is 10.1. The summed E-state index contributed by atoms with van der Waals surface area (Å²) in [5, 5.41) is 1.74. The van der Waals surface area contributed by atoms with E-state index in [2.05, 4.69) is 14.6 Å². The Morgan fingerprint density at radius 1 is 1.03 bits per heavy atom. The molecule has 0 saturated carbocycles. The molecule has 0 atom stereocenters. The Labute approximate surface area is 193 Å². The molecule has 6 nitrogen and oxygen atoms in total. The van der Waals surface area contributed by atoms with Crippen molar-refractivity contribution in [3.05, 3.63) is 89.1 Å². The van der Waals surface area contributed by atoms with Gasteiger partial charge >= 0.3 is 0 Å². The largest absolute Gasteiger partial charge is 0.490 e. The molecule has 0 aliphatic carbocycles. The van der Waals surface area contributed by atoms with Gasteiger partial charge in [-0.3, -0.25) is 9.71 Å². The van der Waals surface area contributed by atoms with Crippen LogP contribution in [0.2, 0.25) is 5.02 Å². The fourth-order valence-corrected chi connectivity index (χ4v) is 4.54. The number of pyridine rings is 1. The molecule has 4 rings (SSSR count). The number of nitrogens with zero attached hydrogens (tertiary/aromatic N) is 2. The van der Waals surface area contributed by atoms with Gasteiger partial charge in [0.25, 0.3) is 10.0 Å². The molecular weight excluding hydrogens is 446 g/mol. The molecule has 1 saturated heterocycles. The zero-order valence-electron chi connectivity index (χ0n) is 17.4. The van der Waals surface area contributed by atoms with Gasteiger partial charge in [0.1, 0.15) is 11.9 Å². The summed E-state index contributed by atoms with van der Waals surface area (Å²) >= 11 is 5.86. The van der Waals surface area contributed by atoms with Crippen molar-refractivity contribution < 1.29 is 13.2 Å². The summed E-state index contributed by atoms with van der Waals surface area (Å²) in [6.07, 6.45) is 6.99. The third-order valence-electron chi connectivity index (χ3n) is 5.18. The summed E-state index contributed by atoms with van der Waals surface area (Å²) in [6.45, 7) is 1.80. The number of anilines is 2. The van der Waals surface area contributed by atoms with Crippen molar-refractivity contribution >= 4 is 39.1 Å². The number of rotatable bonds is 7. The number of sulfonamides is 1. The van der Waals surface area contributed by atoms with E-state index in [0.717, 1.165) is 36.9 Å². The lowest BCUT2D eigenvalue weighted by Gasteiger charge is -2.33. The molecule has 166 valence electrons. The van der Waals surface area contributed by atoms with Crippen LogP contribution in [0.1, 0.15) is 18.4 Å². The second-order valence-corrected chi connectivity index (χ2v) is 9.54. The highest BCUT2D eigenvalue weighted by molar-refractivity contribution is 7.95. The molecule has 0 amide bonds. The van der Waals surface area contributed by atoms with E-state index in [1.54, 1.807) is 54.9 Å². The lowest BCUT2D eigenvalue weighted by Crippen LogP contribution is -2.38. The summed E-state index contributed by atoms with van der Waals surface area (Å²) in [7, 11) is -3.66. The molecule has 0 radical (unpaired) electrons. The van der Waals surface area contributed by atoms with Crippen LogP contribution in [0.4, 0.5) is 11.4 Å². The second-order valence-electron chi connectivity index (χ2n) is 7.54. The van der Waals surface area contributed by atoms with Crippen LogP contribution in [0.25, 0.3) is 6.08 Å². The van der Waals surface area contributed by atoms with Gasteiger partial charge in [-0.25, -0.2) is 8.42 Å². The Morgan fingerprint density at radius 2 is 1.75 bits per heavy atom. The highest BCUT2D eigenvalue weighted by atomic mass is 35.5. The number of hydrogen-bond donors (Lipinski definition) is 1. The van der Waals surface area contributed by atoms with Crippen LogP contribution < -0.4 is 14.4 Å². The maximum atomic E-state index is 12.4. The SMILES string of the molecule is O=S(=O)(C=Cc1ccc(Cl)cc1)Nc1cccc(OC2CCN(c3ccncc3)CC2)c1. The number of nitrogens with one attached hydrogen (secondary N) is 1. The molecule has 2 aromatic carbocycles. The monoisotopic (exact) mass is 469 g/mol. The molecule has 1 N–H and O–H groups in total. The maximum Gasteiger partial charge on any atom is 0.255 e. The molecule has 1 aliphatic heterocycles. The van der Waals surface area contributed by atoms with E-state index < -0.39 is 10.0 Å². The van der Waals surface area contributed by atoms with Crippen molar-refractivity contribution in [2.24, 2.45) is 0 Å². The molecule has 0 bridgehead atoms. The first kappa shape index (κ1) is 22.2. The van der Waals surface area contributed by atoms with Gasteiger partial charge in [0.15, 0.2) is 0 Å². The standard InChI is InChI=1S/C24H24ClN3O3S/c25-20-6-4-19(5-7-20)12-17-32(29,30)27-21-2-1-3-24(18-21)31-23-10-15-28(16-11-23)22-8-13-26-14-9-22/h1-9,12-14,17-18,23,27H,10-11,15-16H2. The van der Waals surface area contributed by atoms with Crippen LogP contribution in [-0.4, -0.2) is 32.6 Å². The van der Waals surface area contributed by atoms with Gasteiger partial charge in [-0.05, 0) is 48.0 Å². The Hall–Kier alpha value is -3.03. The number of piperidine rings is 1. The third kappa shape index (κ3) is 6.24. The van der Waals surface area contributed by atoms with Gasteiger partial charge in [-0.1, -0.05) is 29.8 Å². The van der Waals surface area contributed by atoms with Crippen LogP contribution >= 0.6 is 11.6 Å². The average molecular weight is 470 g/mol.